The number of nitrogens with one attached hydrogen (secondary N) is 1. The molecule has 6 nitrogen and oxygen atoms in total. The number of piperidine rings is 1. The number of carbonyl (C=O) groups excluding carboxylic acids is 2. The van der Waals surface area contributed by atoms with Crippen LogP contribution in [0.2, 0.25) is 0 Å². The molecule has 132 valence electrons. The highest BCUT2D eigenvalue weighted by atomic mass is 16.5. The number of rotatable bonds is 6. The van der Waals surface area contributed by atoms with Gasteiger partial charge in [-0.25, -0.2) is 0 Å². The predicted octanol–water partition coefficient (Wildman–Crippen LogP) is 1.04. The van der Waals surface area contributed by atoms with Gasteiger partial charge in [-0.3, -0.25) is 9.59 Å². The van der Waals surface area contributed by atoms with E-state index in [0.29, 0.717) is 26.0 Å². The minimum Gasteiger partial charge on any atom is -0.378 e. The highest BCUT2D eigenvalue weighted by molar-refractivity contribution is 5.89. The van der Waals surface area contributed by atoms with E-state index < -0.39 is 11.0 Å². The van der Waals surface area contributed by atoms with Crippen molar-refractivity contribution in [2.45, 2.75) is 64.5 Å². The third-order valence-electron chi connectivity index (χ3n) is 5.57. The zero-order valence-electron chi connectivity index (χ0n) is 14.7. The zero-order chi connectivity index (χ0) is 17.1. The van der Waals surface area contributed by atoms with Crippen molar-refractivity contribution in [3.8, 4) is 0 Å². The Bertz CT molecular complexity index is 446. The lowest BCUT2D eigenvalue weighted by molar-refractivity contribution is -0.170. The molecule has 2 atom stereocenters. The van der Waals surface area contributed by atoms with E-state index in [4.69, 9.17) is 10.5 Å². The van der Waals surface area contributed by atoms with Crippen molar-refractivity contribution in [3.63, 3.8) is 0 Å². The van der Waals surface area contributed by atoms with Crippen molar-refractivity contribution in [2.75, 3.05) is 26.2 Å². The number of nitrogens with zero attached hydrogens (tertiary/aromatic N) is 1. The number of carbonyl (C=O) groups is 2. The maximum absolute atomic E-state index is 12.5. The first-order valence-corrected chi connectivity index (χ1v) is 8.79. The summed E-state index contributed by atoms with van der Waals surface area (Å²) in [5.74, 6) is -0.0546. The lowest BCUT2D eigenvalue weighted by atomic mass is 9.54. The molecule has 1 aliphatic heterocycles. The van der Waals surface area contributed by atoms with Crippen LogP contribution in [0, 0.1) is 5.41 Å². The Hall–Kier alpha value is -1.14. The fourth-order valence-corrected chi connectivity index (χ4v) is 3.56. The van der Waals surface area contributed by atoms with Gasteiger partial charge in [-0.05, 0) is 26.2 Å². The van der Waals surface area contributed by atoms with E-state index in [9.17, 15) is 9.59 Å². The Balaban J connectivity index is 1.77. The first-order chi connectivity index (χ1) is 10.8. The van der Waals surface area contributed by atoms with Gasteiger partial charge in [0.1, 0.15) is 5.54 Å². The van der Waals surface area contributed by atoms with Gasteiger partial charge in [0.05, 0.1) is 6.10 Å². The van der Waals surface area contributed by atoms with Gasteiger partial charge in [0, 0.05) is 44.5 Å². The van der Waals surface area contributed by atoms with E-state index >= 15 is 0 Å². The first-order valence-electron chi connectivity index (χ1n) is 8.79. The van der Waals surface area contributed by atoms with Crippen molar-refractivity contribution in [2.24, 2.45) is 11.1 Å². The summed E-state index contributed by atoms with van der Waals surface area (Å²) in [6.07, 6.45) is 4.25. The lowest BCUT2D eigenvalue weighted by Gasteiger charge is -2.57. The average molecular weight is 325 g/mol. The van der Waals surface area contributed by atoms with E-state index in [1.165, 1.54) is 6.42 Å². The number of ether oxygens (including phenoxy) is 1. The maximum atomic E-state index is 12.5. The molecule has 1 saturated heterocycles. The van der Waals surface area contributed by atoms with Crippen LogP contribution in [0.1, 0.15) is 52.9 Å². The summed E-state index contributed by atoms with van der Waals surface area (Å²) in [5, 5.41) is 2.85. The molecule has 1 saturated carbocycles. The fraction of sp³-hybridized carbons (Fsp3) is 0.882. The molecule has 2 amide bonds. The Morgan fingerprint density at radius 2 is 1.91 bits per heavy atom. The summed E-state index contributed by atoms with van der Waals surface area (Å²) in [6, 6.07) is 0. The van der Waals surface area contributed by atoms with Gasteiger partial charge in [0.25, 0.3) is 0 Å². The highest BCUT2D eigenvalue weighted by Crippen LogP contribution is 2.49. The van der Waals surface area contributed by atoms with E-state index in [1.807, 2.05) is 25.7 Å². The van der Waals surface area contributed by atoms with Crippen LogP contribution < -0.4 is 11.1 Å². The second kappa shape index (κ2) is 7.18. The monoisotopic (exact) mass is 325 g/mol. The predicted molar refractivity (Wildman–Crippen MR) is 88.8 cm³/mol. The summed E-state index contributed by atoms with van der Waals surface area (Å²) < 4.78 is 5.64. The van der Waals surface area contributed by atoms with Crippen molar-refractivity contribution in [3.05, 3.63) is 0 Å². The Morgan fingerprint density at radius 3 is 2.48 bits per heavy atom. The van der Waals surface area contributed by atoms with Crippen LogP contribution in [0.15, 0.2) is 0 Å². The number of amides is 2. The normalized spacial score (nSPS) is 29.7. The van der Waals surface area contributed by atoms with Crippen LogP contribution in [0.25, 0.3) is 0 Å². The third-order valence-corrected chi connectivity index (χ3v) is 5.57. The first kappa shape index (κ1) is 18.2. The topological polar surface area (TPSA) is 84.7 Å². The Morgan fingerprint density at radius 1 is 1.26 bits per heavy atom. The maximum Gasteiger partial charge on any atom is 0.240 e. The molecule has 3 N–H and O–H groups in total. The molecule has 23 heavy (non-hydrogen) atoms. The van der Waals surface area contributed by atoms with Crippen molar-refractivity contribution in [1.82, 2.24) is 10.2 Å². The number of hydrogen-bond donors (Lipinski definition) is 2. The molecule has 0 aromatic rings. The van der Waals surface area contributed by atoms with Gasteiger partial charge in [-0.15, -0.1) is 0 Å². The van der Waals surface area contributed by atoms with Crippen molar-refractivity contribution >= 4 is 11.8 Å². The molecule has 2 aliphatic rings. The second-order valence-corrected chi connectivity index (χ2v) is 7.29. The standard InChI is InChI=1S/C17H31N3O3/c1-4-23-13-12-17(18,16(13,2)3)15(22)19-9-8-14(21)20-10-6-5-7-11-20/h13H,4-12,18H2,1-3H3,(H,19,22). The molecule has 6 heteroatoms. The SMILES string of the molecule is CCOC1CC(N)(C(=O)NCCC(=O)N2CCCCC2)C1(C)C. The second-order valence-electron chi connectivity index (χ2n) is 7.29. The highest BCUT2D eigenvalue weighted by Gasteiger charge is 2.62. The molecule has 2 rings (SSSR count). The third kappa shape index (κ3) is 3.53. The summed E-state index contributed by atoms with van der Waals surface area (Å²) in [6.45, 7) is 8.54. The van der Waals surface area contributed by atoms with Crippen LogP contribution in [0.3, 0.4) is 0 Å². The van der Waals surface area contributed by atoms with Gasteiger partial charge < -0.3 is 20.7 Å². The Kier molecular flexibility index (Phi) is 5.68. The van der Waals surface area contributed by atoms with E-state index in [1.54, 1.807) is 0 Å². The molecule has 0 aromatic heterocycles. The largest absolute Gasteiger partial charge is 0.378 e. The van der Waals surface area contributed by atoms with Gasteiger partial charge in [-0.2, -0.15) is 0 Å². The van der Waals surface area contributed by atoms with Gasteiger partial charge >= 0.3 is 0 Å². The molecule has 0 spiro atoms. The Labute approximate surface area is 139 Å². The molecule has 0 aromatic carbocycles. The molecule has 2 fully saturated rings. The van der Waals surface area contributed by atoms with Crippen LogP contribution in [0.5, 0.6) is 0 Å². The van der Waals surface area contributed by atoms with Gasteiger partial charge in [0.15, 0.2) is 0 Å². The van der Waals surface area contributed by atoms with Gasteiger partial charge in [-0.1, -0.05) is 13.8 Å². The van der Waals surface area contributed by atoms with Crippen molar-refractivity contribution < 1.29 is 14.3 Å². The number of nitrogens with two attached hydrogens (primary N) is 1. The number of likely N-dealkylation sites (tertiary alicyclic amines) is 1. The van der Waals surface area contributed by atoms with Crippen molar-refractivity contribution in [1.29, 1.82) is 0 Å². The summed E-state index contributed by atoms with van der Waals surface area (Å²) in [7, 11) is 0. The summed E-state index contributed by atoms with van der Waals surface area (Å²) >= 11 is 0. The summed E-state index contributed by atoms with van der Waals surface area (Å²) in [4.78, 5) is 26.4. The van der Waals surface area contributed by atoms with Crippen LogP contribution >= 0.6 is 0 Å². The van der Waals surface area contributed by atoms with E-state index in [-0.39, 0.29) is 17.9 Å². The van der Waals surface area contributed by atoms with Gasteiger partial charge in [0.2, 0.25) is 11.8 Å². The lowest BCUT2D eigenvalue weighted by Crippen LogP contribution is -2.75. The fourth-order valence-electron chi connectivity index (χ4n) is 3.56. The van der Waals surface area contributed by atoms with E-state index in [0.717, 1.165) is 25.9 Å². The molecule has 2 unspecified atom stereocenters. The minimum absolute atomic E-state index is 0.0123. The molecule has 0 bridgehead atoms. The van der Waals surface area contributed by atoms with E-state index in [2.05, 4.69) is 5.32 Å². The van der Waals surface area contributed by atoms with Crippen LogP contribution in [0.4, 0.5) is 0 Å². The molecule has 1 heterocycles. The minimum atomic E-state index is -0.916. The zero-order valence-corrected chi connectivity index (χ0v) is 14.7. The molecule has 1 aliphatic carbocycles. The molecular formula is C17H31N3O3. The number of hydrogen-bond acceptors (Lipinski definition) is 4. The smallest absolute Gasteiger partial charge is 0.240 e. The average Bonchev–Trinajstić information content (AvgIpc) is 2.55. The molecular weight excluding hydrogens is 294 g/mol. The molecule has 0 radical (unpaired) electrons. The van der Waals surface area contributed by atoms with Crippen LogP contribution in [-0.4, -0.2) is 54.6 Å². The van der Waals surface area contributed by atoms with Crippen LogP contribution in [-0.2, 0) is 14.3 Å². The summed E-state index contributed by atoms with van der Waals surface area (Å²) in [5.41, 5.74) is 5.00. The quantitative estimate of drug-likeness (QED) is 0.764.